The van der Waals surface area contributed by atoms with Crippen molar-refractivity contribution in [2.75, 3.05) is 4.90 Å². The third-order valence-electron chi connectivity index (χ3n) is 4.23. The maximum atomic E-state index is 11.7. The lowest BCUT2D eigenvalue weighted by molar-refractivity contribution is -0.121. The predicted octanol–water partition coefficient (Wildman–Crippen LogP) is 3.10. The molecule has 0 spiro atoms. The zero-order valence-corrected chi connectivity index (χ0v) is 11.9. The number of nitrogens with zero attached hydrogens (tertiary/aromatic N) is 2. The van der Waals surface area contributed by atoms with Gasteiger partial charge in [0, 0.05) is 29.8 Å². The molecule has 2 fully saturated rings. The van der Waals surface area contributed by atoms with Crippen LogP contribution in [0.25, 0.3) is 0 Å². The van der Waals surface area contributed by atoms with Gasteiger partial charge >= 0.3 is 0 Å². The number of anilines is 1. The Balaban J connectivity index is 1.92. The zero-order chi connectivity index (χ0) is 12.7. The molecule has 4 heteroatoms. The van der Waals surface area contributed by atoms with Gasteiger partial charge < -0.3 is 4.90 Å². The van der Waals surface area contributed by atoms with Crippen LogP contribution in [0.5, 0.6) is 0 Å². The minimum Gasteiger partial charge on any atom is -0.341 e. The molecular formula is C14H20N2OS. The van der Waals surface area contributed by atoms with E-state index < -0.39 is 0 Å². The van der Waals surface area contributed by atoms with Crippen molar-refractivity contribution in [1.29, 1.82) is 0 Å². The number of ketones is 1. The largest absolute Gasteiger partial charge is 0.341 e. The standard InChI is InChI=1S/C14H20N2OS/c1-3-13-9(2)18-14(15-13)16-10-5-4-6-11(16)8-12(17)7-10/h10-11H,3-8H2,1-2H3. The van der Waals surface area contributed by atoms with E-state index in [9.17, 15) is 4.79 Å². The monoisotopic (exact) mass is 264 g/mol. The number of aromatic nitrogens is 1. The second-order valence-corrected chi connectivity index (χ2v) is 6.63. The van der Waals surface area contributed by atoms with Gasteiger partial charge in [-0.3, -0.25) is 4.79 Å². The number of piperidine rings is 2. The second kappa shape index (κ2) is 4.65. The Labute approximate surface area is 112 Å². The van der Waals surface area contributed by atoms with E-state index in [0.29, 0.717) is 17.9 Å². The van der Waals surface area contributed by atoms with Gasteiger partial charge in [-0.05, 0) is 32.6 Å². The number of carbonyl (C=O) groups excluding carboxylic acids is 1. The van der Waals surface area contributed by atoms with Crippen LogP contribution < -0.4 is 4.90 Å². The molecule has 2 unspecified atom stereocenters. The van der Waals surface area contributed by atoms with Crippen LogP contribution >= 0.6 is 11.3 Å². The molecule has 3 nitrogen and oxygen atoms in total. The molecule has 98 valence electrons. The highest BCUT2D eigenvalue weighted by molar-refractivity contribution is 7.15. The molecule has 0 amide bonds. The van der Waals surface area contributed by atoms with Crippen molar-refractivity contribution in [3.63, 3.8) is 0 Å². The van der Waals surface area contributed by atoms with E-state index in [4.69, 9.17) is 4.98 Å². The molecule has 0 aliphatic carbocycles. The highest BCUT2D eigenvalue weighted by Crippen LogP contribution is 2.38. The van der Waals surface area contributed by atoms with Gasteiger partial charge in [-0.1, -0.05) is 6.92 Å². The molecule has 2 bridgehead atoms. The van der Waals surface area contributed by atoms with Crippen molar-refractivity contribution in [3.8, 4) is 0 Å². The molecule has 2 aliphatic heterocycles. The summed E-state index contributed by atoms with van der Waals surface area (Å²) in [5, 5.41) is 1.16. The fraction of sp³-hybridized carbons (Fsp3) is 0.714. The van der Waals surface area contributed by atoms with Crippen LogP contribution in [0.4, 0.5) is 5.13 Å². The van der Waals surface area contributed by atoms with Crippen molar-refractivity contribution in [1.82, 2.24) is 4.98 Å². The average Bonchev–Trinajstić information content (AvgIpc) is 2.69. The summed E-state index contributed by atoms with van der Waals surface area (Å²) >= 11 is 1.81. The van der Waals surface area contributed by atoms with Crippen molar-refractivity contribution in [2.45, 2.75) is 64.5 Å². The lowest BCUT2D eigenvalue weighted by Gasteiger charge is -2.45. The Morgan fingerprint density at radius 1 is 1.33 bits per heavy atom. The number of aryl methyl sites for hydroxylation is 2. The van der Waals surface area contributed by atoms with Crippen molar-refractivity contribution in [2.24, 2.45) is 0 Å². The Morgan fingerprint density at radius 2 is 2.00 bits per heavy atom. The molecule has 1 aromatic heterocycles. The summed E-state index contributed by atoms with van der Waals surface area (Å²) in [6.45, 7) is 4.32. The molecule has 3 rings (SSSR count). The van der Waals surface area contributed by atoms with Crippen LogP contribution in [0.15, 0.2) is 0 Å². The van der Waals surface area contributed by atoms with Gasteiger partial charge in [-0.2, -0.15) is 0 Å². The van der Waals surface area contributed by atoms with E-state index in [-0.39, 0.29) is 0 Å². The third-order valence-corrected chi connectivity index (χ3v) is 5.25. The van der Waals surface area contributed by atoms with Gasteiger partial charge in [0.2, 0.25) is 0 Å². The minimum absolute atomic E-state index is 0.417. The van der Waals surface area contributed by atoms with Crippen LogP contribution in [0.1, 0.15) is 49.6 Å². The first kappa shape index (κ1) is 12.2. The minimum atomic E-state index is 0.417. The lowest BCUT2D eigenvalue weighted by atomic mass is 9.84. The van der Waals surface area contributed by atoms with Crippen LogP contribution in [0.3, 0.4) is 0 Å². The van der Waals surface area contributed by atoms with Crippen molar-refractivity contribution in [3.05, 3.63) is 10.6 Å². The van der Waals surface area contributed by atoms with Crippen molar-refractivity contribution < 1.29 is 4.79 Å². The number of hydrogen-bond acceptors (Lipinski definition) is 4. The number of carbonyl (C=O) groups is 1. The highest BCUT2D eigenvalue weighted by Gasteiger charge is 2.39. The molecule has 0 aromatic carbocycles. The van der Waals surface area contributed by atoms with E-state index in [1.807, 2.05) is 0 Å². The Bertz CT molecular complexity index is 452. The SMILES string of the molecule is CCc1nc(N2C3CCCC2CC(=O)C3)sc1C. The number of fused-ring (bicyclic) bond motifs is 2. The number of hydrogen-bond donors (Lipinski definition) is 0. The maximum absolute atomic E-state index is 11.7. The van der Waals surface area contributed by atoms with Gasteiger partial charge in [0.05, 0.1) is 5.69 Å². The first-order chi connectivity index (χ1) is 8.69. The summed E-state index contributed by atoms with van der Waals surface area (Å²) in [5.41, 5.74) is 1.23. The maximum Gasteiger partial charge on any atom is 0.186 e. The van der Waals surface area contributed by atoms with E-state index in [0.717, 1.165) is 37.2 Å². The molecule has 0 saturated carbocycles. The third kappa shape index (κ3) is 1.96. The van der Waals surface area contributed by atoms with Gasteiger partial charge in [0.1, 0.15) is 5.78 Å². The van der Waals surface area contributed by atoms with Gasteiger partial charge in [-0.15, -0.1) is 11.3 Å². The van der Waals surface area contributed by atoms with Gasteiger partial charge in [0.25, 0.3) is 0 Å². The van der Waals surface area contributed by atoms with Crippen LogP contribution in [-0.4, -0.2) is 22.9 Å². The molecule has 2 saturated heterocycles. The summed E-state index contributed by atoms with van der Waals surface area (Å²) in [6, 6.07) is 0.834. The first-order valence-corrected chi connectivity index (χ1v) is 7.77. The normalized spacial score (nSPS) is 27.7. The molecule has 0 radical (unpaired) electrons. The zero-order valence-electron chi connectivity index (χ0n) is 11.1. The first-order valence-electron chi connectivity index (χ1n) is 6.95. The van der Waals surface area contributed by atoms with Gasteiger partial charge in [-0.25, -0.2) is 4.98 Å². The molecule has 2 aliphatic rings. The fourth-order valence-electron chi connectivity index (χ4n) is 3.34. The smallest absolute Gasteiger partial charge is 0.186 e. The summed E-state index contributed by atoms with van der Waals surface area (Å²) in [7, 11) is 0. The molecule has 18 heavy (non-hydrogen) atoms. The summed E-state index contributed by atoms with van der Waals surface area (Å²) in [6.07, 6.45) is 6.05. The van der Waals surface area contributed by atoms with E-state index >= 15 is 0 Å². The van der Waals surface area contributed by atoms with Crippen LogP contribution in [0.2, 0.25) is 0 Å². The quantitative estimate of drug-likeness (QED) is 0.823. The number of Topliss-reactive ketones (excluding diaryl/α,β-unsaturated/α-hetero) is 1. The fourth-order valence-corrected chi connectivity index (χ4v) is 4.48. The predicted molar refractivity (Wildman–Crippen MR) is 74.4 cm³/mol. The summed E-state index contributed by atoms with van der Waals surface area (Å²) in [4.78, 5) is 20.3. The van der Waals surface area contributed by atoms with Crippen molar-refractivity contribution >= 4 is 22.3 Å². The summed E-state index contributed by atoms with van der Waals surface area (Å²) in [5.74, 6) is 0.449. The van der Waals surface area contributed by atoms with Gasteiger partial charge in [0.15, 0.2) is 5.13 Å². The molecule has 2 atom stereocenters. The lowest BCUT2D eigenvalue weighted by Crippen LogP contribution is -2.52. The molecule has 1 aromatic rings. The Morgan fingerprint density at radius 3 is 2.56 bits per heavy atom. The highest BCUT2D eigenvalue weighted by atomic mass is 32.1. The van der Waals surface area contributed by atoms with E-state index in [1.165, 1.54) is 17.0 Å². The van der Waals surface area contributed by atoms with E-state index in [1.54, 1.807) is 11.3 Å². The van der Waals surface area contributed by atoms with Crippen LogP contribution in [-0.2, 0) is 11.2 Å². The Hall–Kier alpha value is -0.900. The summed E-state index contributed by atoms with van der Waals surface area (Å²) < 4.78 is 0. The number of rotatable bonds is 2. The molecule has 0 N–H and O–H groups in total. The molecule has 3 heterocycles. The topological polar surface area (TPSA) is 33.2 Å². The second-order valence-electron chi connectivity index (χ2n) is 5.45. The van der Waals surface area contributed by atoms with E-state index in [2.05, 4.69) is 18.7 Å². The van der Waals surface area contributed by atoms with Crippen LogP contribution in [0, 0.1) is 6.92 Å². The Kier molecular flexibility index (Phi) is 3.14. The molecular weight excluding hydrogens is 244 g/mol. The average molecular weight is 264 g/mol. The number of thiazole rings is 1.